The summed E-state index contributed by atoms with van der Waals surface area (Å²) in [6.07, 6.45) is 3.75. The fourth-order valence-electron chi connectivity index (χ4n) is 0.143. The Kier molecular flexibility index (Phi) is 10.7. The van der Waals surface area contributed by atoms with Gasteiger partial charge < -0.3 is 10.2 Å². The number of carboxylic acids is 2. The molecule has 0 atom stereocenters. The van der Waals surface area contributed by atoms with Gasteiger partial charge in [-0.3, -0.25) is 0 Å². The van der Waals surface area contributed by atoms with Crippen LogP contribution in [0, 0.1) is 0 Å². The van der Waals surface area contributed by atoms with E-state index in [4.69, 9.17) is 10.2 Å². The summed E-state index contributed by atoms with van der Waals surface area (Å²) < 4.78 is 0. The maximum Gasteiger partial charge on any atom is 0.328 e. The largest absolute Gasteiger partial charge is 0.478 e. The summed E-state index contributed by atoms with van der Waals surface area (Å²) in [5.41, 5.74) is 0. The van der Waals surface area contributed by atoms with E-state index in [9.17, 15) is 9.59 Å². The molecule has 0 saturated carbocycles. The van der Waals surface area contributed by atoms with E-state index in [1.165, 1.54) is 12.8 Å². The Morgan fingerprint density at radius 2 is 1.25 bits per heavy atom. The minimum absolute atomic E-state index is 0.558. The molecule has 0 radical (unpaired) electrons. The van der Waals surface area contributed by atoms with Crippen molar-refractivity contribution >= 4 is 11.9 Å². The number of hydrogen-bond donors (Lipinski definition) is 2. The highest BCUT2D eigenvalue weighted by Crippen LogP contribution is 1.76. The normalized spacial score (nSPS) is 8.83. The zero-order chi connectivity index (χ0) is 9.98. The number of aliphatic carboxylic acids is 2. The molecule has 0 fully saturated rings. The van der Waals surface area contributed by atoms with Crippen molar-refractivity contribution in [3.63, 3.8) is 0 Å². The molecule has 70 valence electrons. The lowest BCUT2D eigenvalue weighted by atomic mass is 10.4. The molecule has 12 heavy (non-hydrogen) atoms. The van der Waals surface area contributed by atoms with Crippen molar-refractivity contribution in [2.24, 2.45) is 0 Å². The molecule has 0 bridgehead atoms. The van der Waals surface area contributed by atoms with Crippen LogP contribution in [0.3, 0.4) is 0 Å². The highest BCUT2D eigenvalue weighted by atomic mass is 16.4. The molecule has 0 heterocycles. The lowest BCUT2D eigenvalue weighted by Crippen LogP contribution is -1.91. The van der Waals surface area contributed by atoms with Crippen LogP contribution < -0.4 is 0 Å². The Morgan fingerprint density at radius 3 is 1.33 bits per heavy atom. The van der Waals surface area contributed by atoms with Crippen molar-refractivity contribution in [2.75, 3.05) is 0 Å². The van der Waals surface area contributed by atoms with Crippen molar-refractivity contribution in [3.8, 4) is 0 Å². The maximum absolute atomic E-state index is 9.55. The summed E-state index contributed by atoms with van der Waals surface area (Å²) >= 11 is 0. The molecule has 0 aromatic rings. The second kappa shape index (κ2) is 9.68. The van der Waals surface area contributed by atoms with Crippen molar-refractivity contribution in [1.29, 1.82) is 0 Å². The molecule has 0 aliphatic rings. The topological polar surface area (TPSA) is 74.6 Å². The van der Waals surface area contributed by atoms with E-state index < -0.39 is 11.9 Å². The third-order valence-corrected chi connectivity index (χ3v) is 0.868. The summed E-state index contributed by atoms with van der Waals surface area (Å²) in [6, 6.07) is 0. The van der Waals surface area contributed by atoms with Crippen LogP contribution >= 0.6 is 0 Å². The Bertz CT molecular complexity index is 142. The maximum atomic E-state index is 9.55. The molecule has 0 saturated heterocycles. The fraction of sp³-hybridized carbons (Fsp3) is 0.500. The first-order valence-electron chi connectivity index (χ1n) is 3.68. The molecule has 4 heteroatoms. The van der Waals surface area contributed by atoms with Gasteiger partial charge in [-0.05, 0) is 0 Å². The predicted molar refractivity (Wildman–Crippen MR) is 45.0 cm³/mol. The Balaban J connectivity index is 0. The third kappa shape index (κ3) is 23.4. The average molecular weight is 174 g/mol. The molecule has 0 unspecified atom stereocenters. The van der Waals surface area contributed by atoms with Gasteiger partial charge in [0.25, 0.3) is 0 Å². The van der Waals surface area contributed by atoms with Crippen LogP contribution in [0.1, 0.15) is 26.7 Å². The van der Waals surface area contributed by atoms with Crippen molar-refractivity contribution in [1.82, 2.24) is 0 Å². The van der Waals surface area contributed by atoms with E-state index in [2.05, 4.69) is 13.8 Å². The van der Waals surface area contributed by atoms with E-state index in [0.717, 1.165) is 0 Å². The zero-order valence-corrected chi connectivity index (χ0v) is 7.28. The van der Waals surface area contributed by atoms with Crippen LogP contribution in [0.15, 0.2) is 12.2 Å². The molecule has 0 aromatic carbocycles. The van der Waals surface area contributed by atoms with Gasteiger partial charge in [-0.25, -0.2) is 9.59 Å². The van der Waals surface area contributed by atoms with E-state index in [-0.39, 0.29) is 0 Å². The summed E-state index contributed by atoms with van der Waals surface area (Å²) in [5, 5.41) is 15.6. The van der Waals surface area contributed by atoms with Gasteiger partial charge in [0.15, 0.2) is 0 Å². The van der Waals surface area contributed by atoms with Crippen molar-refractivity contribution in [3.05, 3.63) is 12.2 Å². The molecule has 2 N–H and O–H groups in total. The van der Waals surface area contributed by atoms with Gasteiger partial charge in [-0.1, -0.05) is 26.7 Å². The summed E-state index contributed by atoms with van der Waals surface area (Å²) in [6.45, 7) is 4.36. The van der Waals surface area contributed by atoms with Gasteiger partial charge in [-0.2, -0.15) is 0 Å². The van der Waals surface area contributed by atoms with Gasteiger partial charge in [0.05, 0.1) is 0 Å². The van der Waals surface area contributed by atoms with Crippen LogP contribution in [0.2, 0.25) is 0 Å². The van der Waals surface area contributed by atoms with Gasteiger partial charge in [0.2, 0.25) is 0 Å². The summed E-state index contributed by atoms with van der Waals surface area (Å²) in [4.78, 5) is 19.1. The molecule has 4 nitrogen and oxygen atoms in total. The lowest BCUT2D eigenvalue weighted by Gasteiger charge is -1.74. The standard InChI is InChI=1S/C4H4O4.C4H10/c5-3(6)1-2-4(7)8;1-3-4-2/h1-2H,(H,5,6)(H,7,8);3-4H2,1-2H3/b2-1+;. The van der Waals surface area contributed by atoms with Crippen molar-refractivity contribution < 1.29 is 19.8 Å². The molecular weight excluding hydrogens is 160 g/mol. The van der Waals surface area contributed by atoms with Gasteiger partial charge >= 0.3 is 11.9 Å². The number of rotatable bonds is 3. The molecule has 0 aromatic heterocycles. The molecular formula is C8H14O4. The lowest BCUT2D eigenvalue weighted by molar-refractivity contribution is -0.134. The third-order valence-electron chi connectivity index (χ3n) is 0.868. The van der Waals surface area contributed by atoms with Crippen LogP contribution in [0.4, 0.5) is 0 Å². The SMILES string of the molecule is CCCC.O=C(O)/C=C/C(=O)O. The molecule has 0 spiro atoms. The van der Waals surface area contributed by atoms with Gasteiger partial charge in [0, 0.05) is 12.2 Å². The van der Waals surface area contributed by atoms with Crippen LogP contribution in [-0.4, -0.2) is 22.2 Å². The number of carboxylic acid groups (broad SMARTS) is 2. The van der Waals surface area contributed by atoms with E-state index in [1.54, 1.807) is 0 Å². The average Bonchev–Trinajstić information content (AvgIpc) is 2.01. The number of hydrogen-bond acceptors (Lipinski definition) is 2. The van der Waals surface area contributed by atoms with Gasteiger partial charge in [-0.15, -0.1) is 0 Å². The number of carbonyl (C=O) groups is 2. The predicted octanol–water partition coefficient (Wildman–Crippen LogP) is 1.52. The number of unbranched alkanes of at least 4 members (excludes halogenated alkanes) is 1. The molecule has 0 aliphatic heterocycles. The molecule has 0 aliphatic carbocycles. The smallest absolute Gasteiger partial charge is 0.328 e. The quantitative estimate of drug-likeness (QED) is 0.636. The first-order valence-corrected chi connectivity index (χ1v) is 3.68. The van der Waals surface area contributed by atoms with Crippen molar-refractivity contribution in [2.45, 2.75) is 26.7 Å². The molecule has 0 amide bonds. The second-order valence-electron chi connectivity index (χ2n) is 2.01. The Hall–Kier alpha value is -1.32. The van der Waals surface area contributed by atoms with E-state index >= 15 is 0 Å². The van der Waals surface area contributed by atoms with Crippen LogP contribution in [0.5, 0.6) is 0 Å². The minimum Gasteiger partial charge on any atom is -0.478 e. The summed E-state index contributed by atoms with van der Waals surface area (Å²) in [7, 11) is 0. The van der Waals surface area contributed by atoms with E-state index in [1.807, 2.05) is 0 Å². The monoisotopic (exact) mass is 174 g/mol. The first kappa shape index (κ1) is 13.3. The van der Waals surface area contributed by atoms with Crippen LogP contribution in [-0.2, 0) is 9.59 Å². The highest BCUT2D eigenvalue weighted by Gasteiger charge is 1.88. The first-order chi connectivity index (χ1) is 5.54. The minimum atomic E-state index is -1.26. The van der Waals surface area contributed by atoms with E-state index in [0.29, 0.717) is 12.2 Å². The fourth-order valence-corrected chi connectivity index (χ4v) is 0.143. The summed E-state index contributed by atoms with van der Waals surface area (Å²) in [5.74, 6) is -2.51. The Morgan fingerprint density at radius 1 is 1.00 bits per heavy atom. The second-order valence-corrected chi connectivity index (χ2v) is 2.01. The Labute approximate surface area is 71.5 Å². The van der Waals surface area contributed by atoms with Gasteiger partial charge in [0.1, 0.15) is 0 Å². The zero-order valence-electron chi connectivity index (χ0n) is 7.28. The molecule has 0 rings (SSSR count). The highest BCUT2D eigenvalue weighted by molar-refractivity contribution is 5.89. The van der Waals surface area contributed by atoms with Crippen LogP contribution in [0.25, 0.3) is 0 Å².